The quantitative estimate of drug-likeness (QED) is 0.895. The van der Waals surface area contributed by atoms with Gasteiger partial charge in [-0.3, -0.25) is 4.79 Å². The summed E-state index contributed by atoms with van der Waals surface area (Å²) in [6, 6.07) is 1.76. The highest BCUT2D eigenvalue weighted by atomic mass is 79.9. The van der Waals surface area contributed by atoms with Crippen LogP contribution in [0.3, 0.4) is 0 Å². The highest BCUT2D eigenvalue weighted by Gasteiger charge is 2.09. The number of thiophene rings is 1. The Morgan fingerprint density at radius 3 is 2.92 bits per heavy atom. The number of aliphatic carboxylic acids is 1. The number of methoxy groups -OCH3 is 1. The fourth-order valence-corrected chi connectivity index (χ4v) is 2.46. The van der Waals surface area contributed by atoms with E-state index in [4.69, 9.17) is 9.84 Å². The van der Waals surface area contributed by atoms with Crippen LogP contribution in [0.25, 0.3) is 0 Å². The molecule has 5 heteroatoms. The molecule has 0 saturated carbocycles. The molecule has 0 spiro atoms. The lowest BCUT2D eigenvalue weighted by Crippen LogP contribution is -1.96. The second-order valence-electron chi connectivity index (χ2n) is 2.12. The van der Waals surface area contributed by atoms with Crippen LogP contribution in [0.4, 0.5) is 0 Å². The van der Waals surface area contributed by atoms with Crippen LogP contribution in [0, 0.1) is 0 Å². The second kappa shape index (κ2) is 3.91. The van der Waals surface area contributed by atoms with Crippen molar-refractivity contribution in [3.05, 3.63) is 15.4 Å². The van der Waals surface area contributed by atoms with E-state index in [1.807, 2.05) is 0 Å². The smallest absolute Gasteiger partial charge is 0.308 e. The molecule has 0 aliphatic rings. The predicted molar refractivity (Wildman–Crippen MR) is 49.9 cm³/mol. The Kier molecular flexibility index (Phi) is 3.11. The molecule has 0 saturated heterocycles. The van der Waals surface area contributed by atoms with Gasteiger partial charge in [0.2, 0.25) is 0 Å². The molecule has 12 heavy (non-hydrogen) atoms. The number of halogens is 1. The van der Waals surface area contributed by atoms with Crippen LogP contribution in [-0.2, 0) is 11.2 Å². The van der Waals surface area contributed by atoms with Gasteiger partial charge in [-0.2, -0.15) is 0 Å². The molecule has 0 aromatic carbocycles. The lowest BCUT2D eigenvalue weighted by Gasteiger charge is -1.91. The van der Waals surface area contributed by atoms with Crippen molar-refractivity contribution in [1.29, 1.82) is 0 Å². The molecule has 0 fully saturated rings. The summed E-state index contributed by atoms with van der Waals surface area (Å²) < 4.78 is 5.80. The average Bonchev–Trinajstić information content (AvgIpc) is 2.29. The SMILES string of the molecule is COc1sc(CC(=O)O)cc1Br. The molecule has 0 aliphatic carbocycles. The highest BCUT2D eigenvalue weighted by Crippen LogP contribution is 2.34. The van der Waals surface area contributed by atoms with Gasteiger partial charge in [0.25, 0.3) is 0 Å². The van der Waals surface area contributed by atoms with Gasteiger partial charge in [-0.25, -0.2) is 0 Å². The van der Waals surface area contributed by atoms with Crippen LogP contribution in [-0.4, -0.2) is 18.2 Å². The Balaban J connectivity index is 2.82. The molecule has 1 N–H and O–H groups in total. The van der Waals surface area contributed by atoms with Gasteiger partial charge in [-0.15, -0.1) is 11.3 Å². The first kappa shape index (κ1) is 9.54. The molecule has 66 valence electrons. The average molecular weight is 251 g/mol. The molecular formula is C7H7BrO3S. The van der Waals surface area contributed by atoms with E-state index in [0.717, 1.165) is 9.35 Å². The first-order valence-corrected chi connectivity index (χ1v) is 4.78. The summed E-state index contributed by atoms with van der Waals surface area (Å²) in [6.45, 7) is 0. The number of rotatable bonds is 3. The Morgan fingerprint density at radius 1 is 1.83 bits per heavy atom. The summed E-state index contributed by atoms with van der Waals surface area (Å²) in [6.07, 6.45) is 0.0482. The summed E-state index contributed by atoms with van der Waals surface area (Å²) in [5.74, 6) is -0.827. The van der Waals surface area contributed by atoms with Gasteiger partial charge in [-0.05, 0) is 22.0 Å². The van der Waals surface area contributed by atoms with Crippen LogP contribution in [0.2, 0.25) is 0 Å². The van der Waals surface area contributed by atoms with Crippen molar-refractivity contribution in [2.45, 2.75) is 6.42 Å². The standard InChI is InChI=1S/C7H7BrO3S/c1-11-7-5(8)2-4(12-7)3-6(9)10/h2H,3H2,1H3,(H,9,10). The molecule has 1 aromatic heterocycles. The van der Waals surface area contributed by atoms with Gasteiger partial charge in [0.15, 0.2) is 5.06 Å². The molecule has 3 nitrogen and oxygen atoms in total. The van der Waals surface area contributed by atoms with Crippen LogP contribution in [0.1, 0.15) is 4.88 Å². The Labute approximate surface area is 82.1 Å². The van der Waals surface area contributed by atoms with Gasteiger partial charge in [0, 0.05) is 4.88 Å². The van der Waals surface area contributed by atoms with Crippen molar-refractivity contribution in [3.8, 4) is 5.06 Å². The van der Waals surface area contributed by atoms with E-state index >= 15 is 0 Å². The maximum atomic E-state index is 10.3. The Hall–Kier alpha value is -0.550. The van der Waals surface area contributed by atoms with Crippen LogP contribution in [0.15, 0.2) is 10.5 Å². The van der Waals surface area contributed by atoms with Gasteiger partial charge in [0.1, 0.15) is 0 Å². The lowest BCUT2D eigenvalue weighted by atomic mass is 10.3. The minimum absolute atomic E-state index is 0.0482. The predicted octanol–water partition coefficient (Wildman–Crippen LogP) is 2.15. The Bertz CT molecular complexity index is 295. The molecule has 0 atom stereocenters. The minimum atomic E-state index is -0.827. The van der Waals surface area contributed by atoms with E-state index in [1.54, 1.807) is 13.2 Å². The zero-order chi connectivity index (χ0) is 9.14. The number of carbonyl (C=O) groups is 1. The fraction of sp³-hybridized carbons (Fsp3) is 0.286. The van der Waals surface area contributed by atoms with Crippen molar-refractivity contribution in [2.24, 2.45) is 0 Å². The number of carboxylic acids is 1. The summed E-state index contributed by atoms with van der Waals surface area (Å²) in [5.41, 5.74) is 0. The monoisotopic (exact) mass is 250 g/mol. The molecule has 0 aliphatic heterocycles. The zero-order valence-corrected chi connectivity index (χ0v) is 8.74. The van der Waals surface area contributed by atoms with Gasteiger partial charge in [0.05, 0.1) is 18.0 Å². The molecule has 1 rings (SSSR count). The number of ether oxygens (including phenoxy) is 1. The van der Waals surface area contributed by atoms with Crippen LogP contribution < -0.4 is 4.74 Å². The topological polar surface area (TPSA) is 46.5 Å². The third kappa shape index (κ3) is 2.22. The molecule has 0 unspecified atom stereocenters. The third-order valence-corrected chi connectivity index (χ3v) is 3.17. The third-order valence-electron chi connectivity index (χ3n) is 1.22. The van der Waals surface area contributed by atoms with Crippen molar-refractivity contribution in [2.75, 3.05) is 7.11 Å². The van der Waals surface area contributed by atoms with Crippen LogP contribution >= 0.6 is 27.3 Å². The molecule has 1 heterocycles. The summed E-state index contributed by atoms with van der Waals surface area (Å²) in [4.78, 5) is 11.1. The van der Waals surface area contributed by atoms with E-state index in [1.165, 1.54) is 11.3 Å². The normalized spacial score (nSPS) is 9.83. The molecular weight excluding hydrogens is 244 g/mol. The molecule has 0 bridgehead atoms. The molecule has 1 aromatic rings. The fourth-order valence-electron chi connectivity index (χ4n) is 0.773. The summed E-state index contributed by atoms with van der Waals surface area (Å²) >= 11 is 4.60. The zero-order valence-electron chi connectivity index (χ0n) is 6.33. The van der Waals surface area contributed by atoms with E-state index in [0.29, 0.717) is 5.06 Å². The largest absolute Gasteiger partial charge is 0.486 e. The van der Waals surface area contributed by atoms with Gasteiger partial charge in [-0.1, -0.05) is 0 Å². The highest BCUT2D eigenvalue weighted by molar-refractivity contribution is 9.10. The van der Waals surface area contributed by atoms with Crippen molar-refractivity contribution in [3.63, 3.8) is 0 Å². The maximum Gasteiger partial charge on any atom is 0.308 e. The summed E-state index contributed by atoms with van der Waals surface area (Å²) in [7, 11) is 1.56. The lowest BCUT2D eigenvalue weighted by molar-refractivity contribution is -0.136. The van der Waals surface area contributed by atoms with Crippen molar-refractivity contribution in [1.82, 2.24) is 0 Å². The van der Waals surface area contributed by atoms with Crippen molar-refractivity contribution >= 4 is 33.2 Å². The minimum Gasteiger partial charge on any atom is -0.486 e. The maximum absolute atomic E-state index is 10.3. The Morgan fingerprint density at radius 2 is 2.50 bits per heavy atom. The number of hydrogen-bond acceptors (Lipinski definition) is 3. The molecule has 0 amide bonds. The van der Waals surface area contributed by atoms with E-state index in [-0.39, 0.29) is 6.42 Å². The van der Waals surface area contributed by atoms with E-state index in [2.05, 4.69) is 15.9 Å². The van der Waals surface area contributed by atoms with Crippen LogP contribution in [0.5, 0.6) is 5.06 Å². The van der Waals surface area contributed by atoms with E-state index in [9.17, 15) is 4.79 Å². The van der Waals surface area contributed by atoms with Gasteiger partial charge < -0.3 is 9.84 Å². The second-order valence-corrected chi connectivity index (χ2v) is 4.08. The van der Waals surface area contributed by atoms with Gasteiger partial charge >= 0.3 is 5.97 Å². The van der Waals surface area contributed by atoms with E-state index < -0.39 is 5.97 Å². The first-order valence-electron chi connectivity index (χ1n) is 3.17. The number of carboxylic acid groups (broad SMARTS) is 1. The first-order chi connectivity index (χ1) is 5.63. The number of hydrogen-bond donors (Lipinski definition) is 1. The molecule has 0 radical (unpaired) electrons. The summed E-state index contributed by atoms with van der Waals surface area (Å²) in [5, 5.41) is 9.20. The van der Waals surface area contributed by atoms with Crippen molar-refractivity contribution < 1.29 is 14.6 Å².